The Balaban J connectivity index is 1.76. The van der Waals surface area contributed by atoms with E-state index in [-0.39, 0.29) is 18.1 Å². The second-order valence-electron chi connectivity index (χ2n) is 6.13. The van der Waals surface area contributed by atoms with E-state index in [1.807, 2.05) is 59.4 Å². The van der Waals surface area contributed by atoms with Crippen molar-refractivity contribution in [2.75, 3.05) is 11.9 Å². The quantitative estimate of drug-likeness (QED) is 0.852. The topological polar surface area (TPSA) is 36.4 Å². The van der Waals surface area contributed by atoms with Gasteiger partial charge < -0.3 is 4.90 Å². The summed E-state index contributed by atoms with van der Waals surface area (Å²) in [5.41, 5.74) is 2.22. The lowest BCUT2D eigenvalue weighted by Crippen LogP contribution is -2.37. The lowest BCUT2D eigenvalue weighted by molar-refractivity contribution is 0.218. The van der Waals surface area contributed by atoms with Crippen LogP contribution < -0.4 is 4.90 Å². The Labute approximate surface area is 130 Å². The molecular formula is C18H19N3O. The Morgan fingerprint density at radius 1 is 1.09 bits per heavy atom. The van der Waals surface area contributed by atoms with E-state index in [1.165, 1.54) is 5.56 Å². The molecule has 0 bridgehead atoms. The fourth-order valence-electron chi connectivity index (χ4n) is 4.00. The van der Waals surface area contributed by atoms with Crippen LogP contribution in [0.1, 0.15) is 24.3 Å². The molecule has 2 amide bonds. The molecule has 0 N–H and O–H groups in total. The standard InChI is InChI=1S/C18H19N3O/c1-20-16-10-9-15(13-6-5-11-19-12-13)17(16)21(18(20)22)14-7-3-2-4-8-14/h2-8,11-12,15-17H,9-10H2,1H3/t15-,16-,17+/m0/s1. The van der Waals surface area contributed by atoms with Crippen molar-refractivity contribution in [1.29, 1.82) is 0 Å². The smallest absolute Gasteiger partial charge is 0.322 e. The van der Waals surface area contributed by atoms with Gasteiger partial charge in [0.15, 0.2) is 0 Å². The molecule has 112 valence electrons. The summed E-state index contributed by atoms with van der Waals surface area (Å²) in [6.07, 6.45) is 5.90. The van der Waals surface area contributed by atoms with Crippen molar-refractivity contribution in [3.63, 3.8) is 0 Å². The number of nitrogens with zero attached hydrogens (tertiary/aromatic N) is 3. The number of rotatable bonds is 2. The second-order valence-corrected chi connectivity index (χ2v) is 6.13. The van der Waals surface area contributed by atoms with E-state index in [0.717, 1.165) is 18.5 Å². The zero-order valence-corrected chi connectivity index (χ0v) is 12.6. The highest BCUT2D eigenvalue weighted by atomic mass is 16.2. The zero-order chi connectivity index (χ0) is 15.1. The largest absolute Gasteiger partial charge is 0.324 e. The minimum Gasteiger partial charge on any atom is -0.322 e. The lowest BCUT2D eigenvalue weighted by atomic mass is 9.94. The summed E-state index contributed by atoms with van der Waals surface area (Å²) in [6.45, 7) is 0. The van der Waals surface area contributed by atoms with Crippen LogP contribution in [0.4, 0.5) is 10.5 Å². The molecule has 22 heavy (non-hydrogen) atoms. The van der Waals surface area contributed by atoms with Gasteiger partial charge in [-0.25, -0.2) is 4.79 Å². The van der Waals surface area contributed by atoms with E-state index in [9.17, 15) is 4.79 Å². The van der Waals surface area contributed by atoms with Crippen LogP contribution in [0.5, 0.6) is 0 Å². The van der Waals surface area contributed by atoms with Crippen LogP contribution in [0.25, 0.3) is 0 Å². The van der Waals surface area contributed by atoms with Crippen LogP contribution in [0.3, 0.4) is 0 Å². The van der Waals surface area contributed by atoms with E-state index in [2.05, 4.69) is 11.1 Å². The molecule has 1 aliphatic heterocycles. The number of carbonyl (C=O) groups excluding carboxylic acids is 1. The van der Waals surface area contributed by atoms with Gasteiger partial charge >= 0.3 is 6.03 Å². The van der Waals surface area contributed by atoms with E-state index in [0.29, 0.717) is 5.92 Å². The first kappa shape index (κ1) is 13.3. The van der Waals surface area contributed by atoms with Gasteiger partial charge in [-0.3, -0.25) is 9.88 Å². The van der Waals surface area contributed by atoms with Crippen LogP contribution in [-0.2, 0) is 0 Å². The predicted molar refractivity (Wildman–Crippen MR) is 85.9 cm³/mol. The molecular weight excluding hydrogens is 274 g/mol. The average molecular weight is 293 g/mol. The van der Waals surface area contributed by atoms with Gasteiger partial charge in [0.25, 0.3) is 0 Å². The molecule has 0 spiro atoms. The van der Waals surface area contributed by atoms with Crippen molar-refractivity contribution in [3.05, 3.63) is 60.4 Å². The van der Waals surface area contributed by atoms with E-state index in [1.54, 1.807) is 6.20 Å². The summed E-state index contributed by atoms with van der Waals surface area (Å²) < 4.78 is 0. The number of carbonyl (C=O) groups is 1. The maximum atomic E-state index is 12.7. The van der Waals surface area contributed by atoms with Gasteiger partial charge in [0.1, 0.15) is 0 Å². The molecule has 1 aromatic carbocycles. The molecule has 4 heteroatoms. The molecule has 2 aliphatic rings. The van der Waals surface area contributed by atoms with Crippen LogP contribution in [0.15, 0.2) is 54.9 Å². The van der Waals surface area contributed by atoms with E-state index < -0.39 is 0 Å². The summed E-state index contributed by atoms with van der Waals surface area (Å²) >= 11 is 0. The Morgan fingerprint density at radius 2 is 1.91 bits per heavy atom. The Bertz CT molecular complexity index is 673. The Morgan fingerprint density at radius 3 is 2.64 bits per heavy atom. The highest BCUT2D eigenvalue weighted by molar-refractivity contribution is 5.96. The number of benzene rings is 1. The maximum Gasteiger partial charge on any atom is 0.324 e. The number of pyridine rings is 1. The number of para-hydroxylation sites is 1. The molecule has 1 saturated carbocycles. The predicted octanol–water partition coefficient (Wildman–Crippen LogP) is 3.27. The summed E-state index contributed by atoms with van der Waals surface area (Å²) in [6, 6.07) is 14.7. The van der Waals surface area contributed by atoms with Crippen LogP contribution >= 0.6 is 0 Å². The molecule has 1 saturated heterocycles. The van der Waals surface area contributed by atoms with Crippen LogP contribution in [-0.4, -0.2) is 35.0 Å². The summed E-state index contributed by atoms with van der Waals surface area (Å²) in [5, 5.41) is 0. The van der Waals surface area contributed by atoms with E-state index >= 15 is 0 Å². The highest BCUT2D eigenvalue weighted by Gasteiger charge is 2.52. The SMILES string of the molecule is CN1C(=O)N(c2ccccc2)[C@@H]2[C@H](c3cccnc3)CC[C@@H]21. The second kappa shape index (κ2) is 5.13. The first-order valence-corrected chi connectivity index (χ1v) is 7.78. The Hall–Kier alpha value is -2.36. The monoisotopic (exact) mass is 293 g/mol. The third-order valence-corrected chi connectivity index (χ3v) is 5.03. The highest BCUT2D eigenvalue weighted by Crippen LogP contribution is 2.45. The fourth-order valence-corrected chi connectivity index (χ4v) is 4.00. The molecule has 4 nitrogen and oxygen atoms in total. The molecule has 1 aliphatic carbocycles. The first-order valence-electron chi connectivity index (χ1n) is 7.78. The van der Waals surface area contributed by atoms with Crippen LogP contribution in [0.2, 0.25) is 0 Å². The summed E-state index contributed by atoms with van der Waals surface area (Å²) in [7, 11) is 1.93. The van der Waals surface area contributed by atoms with Gasteiger partial charge in [-0.2, -0.15) is 0 Å². The molecule has 0 unspecified atom stereocenters. The number of anilines is 1. The minimum atomic E-state index is 0.106. The van der Waals surface area contributed by atoms with Crippen molar-refractivity contribution in [1.82, 2.24) is 9.88 Å². The van der Waals surface area contributed by atoms with Crippen molar-refractivity contribution in [2.24, 2.45) is 0 Å². The molecule has 1 aromatic heterocycles. The number of hydrogen-bond acceptors (Lipinski definition) is 2. The number of amides is 2. The van der Waals surface area contributed by atoms with Crippen LogP contribution in [0, 0.1) is 0 Å². The maximum absolute atomic E-state index is 12.7. The van der Waals surface area contributed by atoms with Crippen molar-refractivity contribution < 1.29 is 4.79 Å². The molecule has 2 aromatic rings. The third kappa shape index (κ3) is 1.90. The number of urea groups is 1. The first-order chi connectivity index (χ1) is 10.8. The molecule has 0 radical (unpaired) electrons. The van der Waals surface area contributed by atoms with Gasteiger partial charge in [0.2, 0.25) is 0 Å². The molecule has 3 atom stereocenters. The normalized spacial score (nSPS) is 27.3. The zero-order valence-electron chi connectivity index (χ0n) is 12.6. The van der Waals surface area contributed by atoms with Crippen molar-refractivity contribution >= 4 is 11.7 Å². The van der Waals surface area contributed by atoms with E-state index in [4.69, 9.17) is 0 Å². The number of aromatic nitrogens is 1. The van der Waals surface area contributed by atoms with Gasteiger partial charge in [-0.05, 0) is 36.6 Å². The van der Waals surface area contributed by atoms with Gasteiger partial charge in [-0.15, -0.1) is 0 Å². The Kier molecular flexibility index (Phi) is 3.10. The third-order valence-electron chi connectivity index (χ3n) is 5.03. The minimum absolute atomic E-state index is 0.106. The van der Waals surface area contributed by atoms with Gasteiger partial charge in [0.05, 0.1) is 12.1 Å². The van der Waals surface area contributed by atoms with Crippen molar-refractivity contribution in [3.8, 4) is 0 Å². The molecule has 2 heterocycles. The lowest BCUT2D eigenvalue weighted by Gasteiger charge is -2.28. The van der Waals surface area contributed by atoms with Gasteiger partial charge in [-0.1, -0.05) is 24.3 Å². The molecule has 2 fully saturated rings. The average Bonchev–Trinajstić information content (AvgIpc) is 3.10. The van der Waals surface area contributed by atoms with Crippen molar-refractivity contribution in [2.45, 2.75) is 30.8 Å². The number of likely N-dealkylation sites (N-methyl/N-ethyl adjacent to an activating group) is 1. The number of fused-ring (bicyclic) bond motifs is 1. The molecule has 4 rings (SSSR count). The summed E-state index contributed by atoms with van der Waals surface area (Å²) in [5.74, 6) is 0.354. The fraction of sp³-hybridized carbons (Fsp3) is 0.333. The number of hydrogen-bond donors (Lipinski definition) is 0. The summed E-state index contributed by atoms with van der Waals surface area (Å²) in [4.78, 5) is 20.9. The van der Waals surface area contributed by atoms with Gasteiger partial charge in [0, 0.05) is 31.0 Å².